The third-order valence-electron chi connectivity index (χ3n) is 3.31. The molecule has 6 heteroatoms. The van der Waals surface area contributed by atoms with Crippen LogP contribution in [0.2, 0.25) is 0 Å². The zero-order chi connectivity index (χ0) is 15.7. The molecule has 2 aromatic carbocycles. The molecule has 2 nitrogen and oxygen atoms in total. The molecule has 0 amide bonds. The fourth-order valence-electron chi connectivity index (χ4n) is 2.28. The van der Waals surface area contributed by atoms with E-state index in [2.05, 4.69) is 0 Å². The maximum atomic E-state index is 12.9. The van der Waals surface area contributed by atoms with E-state index in [4.69, 9.17) is 4.74 Å². The standard InChI is InChI=1S/C16H11F3O2S/c17-16(18,19)11-6-2-3-7-12(11)21-15(20)14-9-10-5-1-4-8-13(10)22-14/h1-8,14H,9H2. The molecule has 1 heterocycles. The number of hydrogen-bond donors (Lipinski definition) is 0. The van der Waals surface area contributed by atoms with Gasteiger partial charge in [-0.1, -0.05) is 30.3 Å². The zero-order valence-electron chi connectivity index (χ0n) is 11.3. The second-order valence-electron chi connectivity index (χ2n) is 4.83. The fraction of sp³-hybridized carbons (Fsp3) is 0.188. The molecule has 1 atom stereocenters. The van der Waals surface area contributed by atoms with E-state index in [1.807, 2.05) is 24.3 Å². The molecule has 0 aromatic heterocycles. The lowest BCUT2D eigenvalue weighted by Gasteiger charge is -2.14. The van der Waals surface area contributed by atoms with Gasteiger partial charge in [0, 0.05) is 4.90 Å². The number of benzene rings is 2. The van der Waals surface area contributed by atoms with E-state index < -0.39 is 28.7 Å². The van der Waals surface area contributed by atoms with Gasteiger partial charge in [0.05, 0.1) is 5.56 Å². The van der Waals surface area contributed by atoms with Crippen LogP contribution in [-0.4, -0.2) is 11.2 Å². The first-order chi connectivity index (χ1) is 10.4. The molecular weight excluding hydrogens is 313 g/mol. The highest BCUT2D eigenvalue weighted by Gasteiger charge is 2.36. The van der Waals surface area contributed by atoms with Gasteiger partial charge in [-0.25, -0.2) is 0 Å². The molecule has 1 aliphatic heterocycles. The van der Waals surface area contributed by atoms with Crippen molar-refractivity contribution in [3.05, 3.63) is 59.7 Å². The SMILES string of the molecule is O=C(Oc1ccccc1C(F)(F)F)C1Cc2ccccc2S1. The average molecular weight is 324 g/mol. The number of esters is 1. The Morgan fingerprint density at radius 1 is 1.09 bits per heavy atom. The van der Waals surface area contributed by atoms with Crippen molar-refractivity contribution in [3.8, 4) is 5.75 Å². The Kier molecular flexibility index (Phi) is 3.87. The highest BCUT2D eigenvalue weighted by molar-refractivity contribution is 8.01. The minimum Gasteiger partial charge on any atom is -0.425 e. The Hall–Kier alpha value is -1.95. The molecule has 0 aliphatic carbocycles. The average Bonchev–Trinajstić information content (AvgIpc) is 2.90. The number of thioether (sulfide) groups is 1. The van der Waals surface area contributed by atoms with Crippen LogP contribution in [0.5, 0.6) is 5.75 Å². The number of hydrogen-bond acceptors (Lipinski definition) is 3. The highest BCUT2D eigenvalue weighted by atomic mass is 32.2. The number of ether oxygens (including phenoxy) is 1. The summed E-state index contributed by atoms with van der Waals surface area (Å²) in [5.74, 6) is -1.10. The molecule has 114 valence electrons. The summed E-state index contributed by atoms with van der Waals surface area (Å²) >= 11 is 1.32. The first-order valence-corrected chi connectivity index (χ1v) is 7.45. The van der Waals surface area contributed by atoms with Gasteiger partial charge >= 0.3 is 12.1 Å². The van der Waals surface area contributed by atoms with Crippen molar-refractivity contribution in [3.63, 3.8) is 0 Å². The predicted molar refractivity (Wildman–Crippen MR) is 76.9 cm³/mol. The van der Waals surface area contributed by atoms with Crippen molar-refractivity contribution in [1.29, 1.82) is 0 Å². The van der Waals surface area contributed by atoms with Crippen LogP contribution in [0.1, 0.15) is 11.1 Å². The molecule has 3 rings (SSSR count). The summed E-state index contributed by atoms with van der Waals surface area (Å²) in [7, 11) is 0. The van der Waals surface area contributed by atoms with E-state index in [0.29, 0.717) is 6.42 Å². The Balaban J connectivity index is 1.77. The highest BCUT2D eigenvalue weighted by Crippen LogP contribution is 2.39. The normalized spacial score (nSPS) is 17.1. The summed E-state index contributed by atoms with van der Waals surface area (Å²) in [6.45, 7) is 0. The predicted octanol–water partition coefficient (Wildman–Crippen LogP) is 4.33. The molecule has 0 bridgehead atoms. The molecule has 0 fully saturated rings. The zero-order valence-corrected chi connectivity index (χ0v) is 12.1. The first kappa shape index (κ1) is 15.0. The van der Waals surface area contributed by atoms with Crippen LogP contribution in [0.4, 0.5) is 13.2 Å². The summed E-state index contributed by atoms with van der Waals surface area (Å²) in [6.07, 6.45) is -4.09. The van der Waals surface area contributed by atoms with Gasteiger partial charge in [0.1, 0.15) is 11.0 Å². The lowest BCUT2D eigenvalue weighted by Crippen LogP contribution is -2.23. The van der Waals surface area contributed by atoms with E-state index in [1.54, 1.807) is 0 Å². The summed E-state index contributed by atoms with van der Waals surface area (Å²) in [6, 6.07) is 12.3. The Morgan fingerprint density at radius 3 is 2.50 bits per heavy atom. The minimum absolute atomic E-state index is 0.448. The van der Waals surface area contributed by atoms with Crippen molar-refractivity contribution in [2.45, 2.75) is 22.7 Å². The molecule has 0 saturated heterocycles. The summed E-state index contributed by atoms with van der Waals surface area (Å²) in [5, 5.41) is -0.515. The summed E-state index contributed by atoms with van der Waals surface area (Å²) in [4.78, 5) is 13.1. The number of para-hydroxylation sites is 1. The Bertz CT molecular complexity index is 688. The van der Waals surface area contributed by atoms with E-state index in [-0.39, 0.29) is 0 Å². The quantitative estimate of drug-likeness (QED) is 0.608. The molecule has 1 aliphatic rings. The Morgan fingerprint density at radius 2 is 1.77 bits per heavy atom. The summed E-state index contributed by atoms with van der Waals surface area (Å²) < 4.78 is 43.7. The molecule has 0 N–H and O–H groups in total. The van der Waals surface area contributed by atoms with E-state index in [0.717, 1.165) is 22.6 Å². The van der Waals surface area contributed by atoms with Crippen molar-refractivity contribution in [1.82, 2.24) is 0 Å². The van der Waals surface area contributed by atoms with Crippen molar-refractivity contribution in [2.24, 2.45) is 0 Å². The topological polar surface area (TPSA) is 26.3 Å². The monoisotopic (exact) mass is 324 g/mol. The molecule has 2 aromatic rings. The largest absolute Gasteiger partial charge is 0.425 e. The maximum Gasteiger partial charge on any atom is 0.419 e. The van der Waals surface area contributed by atoms with Gasteiger partial charge in [0.25, 0.3) is 0 Å². The summed E-state index contributed by atoms with van der Waals surface area (Å²) in [5.41, 5.74) is 0.0717. The molecule has 1 unspecified atom stereocenters. The van der Waals surface area contributed by atoms with E-state index in [9.17, 15) is 18.0 Å². The molecule has 0 radical (unpaired) electrons. The number of halogens is 3. The molecule has 0 saturated carbocycles. The van der Waals surface area contributed by atoms with Crippen molar-refractivity contribution >= 4 is 17.7 Å². The molecule has 0 spiro atoms. The van der Waals surface area contributed by atoms with Gasteiger partial charge in [0.2, 0.25) is 0 Å². The number of fused-ring (bicyclic) bond motifs is 1. The number of rotatable bonds is 2. The van der Waals surface area contributed by atoms with Gasteiger partial charge in [-0.2, -0.15) is 13.2 Å². The van der Waals surface area contributed by atoms with Crippen molar-refractivity contribution in [2.75, 3.05) is 0 Å². The van der Waals surface area contributed by atoms with Gasteiger partial charge in [-0.05, 0) is 30.2 Å². The molecular formula is C16H11F3O2S. The van der Waals surface area contributed by atoms with Crippen LogP contribution < -0.4 is 4.74 Å². The van der Waals surface area contributed by atoms with E-state index >= 15 is 0 Å². The van der Waals surface area contributed by atoms with Crippen LogP contribution in [0.25, 0.3) is 0 Å². The third-order valence-corrected chi connectivity index (χ3v) is 4.61. The lowest BCUT2D eigenvalue weighted by atomic mass is 10.1. The Labute approximate surface area is 129 Å². The number of carbonyl (C=O) groups excluding carboxylic acids is 1. The minimum atomic E-state index is -4.55. The van der Waals surface area contributed by atoms with Crippen LogP contribution >= 0.6 is 11.8 Å². The second-order valence-corrected chi connectivity index (χ2v) is 6.08. The maximum absolute atomic E-state index is 12.9. The lowest BCUT2D eigenvalue weighted by molar-refractivity contribution is -0.142. The second kappa shape index (κ2) is 5.68. The van der Waals surface area contributed by atoms with Gasteiger partial charge in [-0.15, -0.1) is 11.8 Å². The number of alkyl halides is 3. The van der Waals surface area contributed by atoms with Gasteiger partial charge < -0.3 is 4.74 Å². The van der Waals surface area contributed by atoms with Gasteiger partial charge in [-0.3, -0.25) is 4.79 Å². The van der Waals surface area contributed by atoms with Crippen LogP contribution in [-0.2, 0) is 17.4 Å². The number of carbonyl (C=O) groups is 1. The molecule has 22 heavy (non-hydrogen) atoms. The fourth-order valence-corrected chi connectivity index (χ4v) is 3.45. The van der Waals surface area contributed by atoms with Crippen molar-refractivity contribution < 1.29 is 22.7 Å². The van der Waals surface area contributed by atoms with Crippen LogP contribution in [0, 0.1) is 0 Å². The third kappa shape index (κ3) is 2.97. The smallest absolute Gasteiger partial charge is 0.419 e. The van der Waals surface area contributed by atoms with Crippen LogP contribution in [0.15, 0.2) is 53.4 Å². The van der Waals surface area contributed by atoms with E-state index in [1.165, 1.54) is 23.9 Å². The van der Waals surface area contributed by atoms with Crippen LogP contribution in [0.3, 0.4) is 0 Å². The first-order valence-electron chi connectivity index (χ1n) is 6.57. The van der Waals surface area contributed by atoms with Gasteiger partial charge in [0.15, 0.2) is 0 Å².